The van der Waals surface area contributed by atoms with Crippen molar-refractivity contribution in [3.8, 4) is 0 Å². The number of nitro benzene ring substituents is 1. The predicted molar refractivity (Wildman–Crippen MR) is 110 cm³/mol. The van der Waals surface area contributed by atoms with E-state index in [1.165, 1.54) is 16.4 Å². The number of aryl methyl sites for hydroxylation is 1. The first-order valence-electron chi connectivity index (χ1n) is 9.74. The molecule has 11 heteroatoms. The topological polar surface area (TPSA) is 123 Å². The van der Waals surface area contributed by atoms with Crippen molar-refractivity contribution >= 4 is 15.7 Å². The molecule has 1 aliphatic heterocycles. The van der Waals surface area contributed by atoms with Crippen LogP contribution in [0.5, 0.6) is 0 Å². The molecule has 2 aromatic rings. The molecule has 0 saturated carbocycles. The number of nitrogens with zero attached hydrogens (tertiary/aromatic N) is 5. The highest BCUT2D eigenvalue weighted by Gasteiger charge is 2.34. The number of piperazine rings is 1. The third-order valence-corrected chi connectivity index (χ3v) is 7.33. The molecule has 1 aromatic heterocycles. The van der Waals surface area contributed by atoms with Gasteiger partial charge in [-0.25, -0.2) is 8.42 Å². The van der Waals surface area contributed by atoms with Crippen LogP contribution < -0.4 is 0 Å². The van der Waals surface area contributed by atoms with Gasteiger partial charge in [-0.05, 0) is 19.4 Å². The molecule has 1 atom stereocenters. The molecule has 0 unspecified atom stereocenters. The SMILES string of the molecule is Cc1ccc([N+](=O)[O-])cc1S(=O)(=O)N1CCN([C@@H](C)c2nc(C(C)(C)C)no2)CC1. The van der Waals surface area contributed by atoms with E-state index in [0.717, 1.165) is 6.07 Å². The maximum Gasteiger partial charge on any atom is 0.270 e. The molecule has 164 valence electrons. The first-order valence-corrected chi connectivity index (χ1v) is 11.2. The normalized spacial score (nSPS) is 17.8. The Balaban J connectivity index is 1.73. The summed E-state index contributed by atoms with van der Waals surface area (Å²) in [7, 11) is -3.83. The fourth-order valence-corrected chi connectivity index (χ4v) is 4.98. The highest BCUT2D eigenvalue weighted by molar-refractivity contribution is 7.89. The summed E-state index contributed by atoms with van der Waals surface area (Å²) >= 11 is 0. The Labute approximate surface area is 176 Å². The first-order chi connectivity index (χ1) is 13.9. The molecule has 0 amide bonds. The van der Waals surface area contributed by atoms with E-state index in [4.69, 9.17) is 4.52 Å². The summed E-state index contributed by atoms with van der Waals surface area (Å²) in [5.74, 6) is 1.14. The van der Waals surface area contributed by atoms with Gasteiger partial charge in [-0.1, -0.05) is 32.0 Å². The van der Waals surface area contributed by atoms with Crippen LogP contribution in [0.3, 0.4) is 0 Å². The van der Waals surface area contributed by atoms with E-state index in [1.807, 2.05) is 27.7 Å². The summed E-state index contributed by atoms with van der Waals surface area (Å²) in [5, 5.41) is 15.1. The third kappa shape index (κ3) is 4.37. The van der Waals surface area contributed by atoms with Gasteiger partial charge in [0.15, 0.2) is 5.82 Å². The molecule has 0 radical (unpaired) electrons. The number of non-ortho nitro benzene ring substituents is 1. The van der Waals surface area contributed by atoms with Gasteiger partial charge in [0.05, 0.1) is 15.9 Å². The molecule has 0 spiro atoms. The Morgan fingerprint density at radius 3 is 2.37 bits per heavy atom. The molecule has 0 bridgehead atoms. The summed E-state index contributed by atoms with van der Waals surface area (Å²) in [6.45, 7) is 11.1. The standard InChI is InChI=1S/C19H27N5O5S/c1-13-6-7-15(24(25)26)12-16(13)30(27,28)23-10-8-22(9-11-23)14(2)17-20-18(21-29-17)19(3,4)5/h6-7,12,14H,8-11H2,1-5H3/t14-/m0/s1. The minimum absolute atomic E-state index is 0.0232. The minimum Gasteiger partial charge on any atom is -0.338 e. The number of benzene rings is 1. The number of hydrogen-bond acceptors (Lipinski definition) is 8. The first kappa shape index (κ1) is 22.3. The number of rotatable bonds is 5. The van der Waals surface area contributed by atoms with Crippen molar-refractivity contribution in [2.45, 2.75) is 51.0 Å². The zero-order chi connectivity index (χ0) is 22.3. The summed E-state index contributed by atoms with van der Waals surface area (Å²) in [6.07, 6.45) is 0. The molecule has 1 aliphatic rings. The number of nitro groups is 1. The van der Waals surface area contributed by atoms with Crippen LogP contribution in [0.2, 0.25) is 0 Å². The van der Waals surface area contributed by atoms with Gasteiger partial charge in [0.1, 0.15) is 0 Å². The Morgan fingerprint density at radius 1 is 1.20 bits per heavy atom. The largest absolute Gasteiger partial charge is 0.338 e. The lowest BCUT2D eigenvalue weighted by Crippen LogP contribution is -2.49. The van der Waals surface area contributed by atoms with Gasteiger partial charge in [0.2, 0.25) is 15.9 Å². The predicted octanol–water partition coefficient (Wildman–Crippen LogP) is 2.65. The van der Waals surface area contributed by atoms with Crippen molar-refractivity contribution in [3.63, 3.8) is 0 Å². The van der Waals surface area contributed by atoms with Crippen LogP contribution in [0.25, 0.3) is 0 Å². The maximum absolute atomic E-state index is 13.1. The van der Waals surface area contributed by atoms with Crippen molar-refractivity contribution in [1.82, 2.24) is 19.3 Å². The smallest absolute Gasteiger partial charge is 0.270 e. The fraction of sp³-hybridized carbons (Fsp3) is 0.579. The Hall–Kier alpha value is -2.37. The van der Waals surface area contributed by atoms with Crippen molar-refractivity contribution in [2.75, 3.05) is 26.2 Å². The molecular formula is C19H27N5O5S. The van der Waals surface area contributed by atoms with Crippen molar-refractivity contribution in [2.24, 2.45) is 0 Å². The Morgan fingerprint density at radius 2 is 1.83 bits per heavy atom. The average Bonchev–Trinajstić information content (AvgIpc) is 3.18. The van der Waals surface area contributed by atoms with Crippen LogP contribution in [0.15, 0.2) is 27.6 Å². The summed E-state index contributed by atoms with van der Waals surface area (Å²) in [6, 6.07) is 3.76. The van der Waals surface area contributed by atoms with Crippen LogP contribution in [0.1, 0.15) is 51.0 Å². The van der Waals surface area contributed by atoms with Crippen LogP contribution >= 0.6 is 0 Å². The van der Waals surface area contributed by atoms with Crippen molar-refractivity contribution in [3.05, 3.63) is 45.6 Å². The van der Waals surface area contributed by atoms with Gasteiger partial charge in [0.25, 0.3) is 5.69 Å². The molecule has 3 rings (SSSR count). The van der Waals surface area contributed by atoms with Crippen LogP contribution in [0, 0.1) is 17.0 Å². The highest BCUT2D eigenvalue weighted by Crippen LogP contribution is 2.28. The van der Waals surface area contributed by atoms with E-state index < -0.39 is 14.9 Å². The fourth-order valence-electron chi connectivity index (χ4n) is 3.32. The second-order valence-corrected chi connectivity index (χ2v) is 10.4. The van der Waals surface area contributed by atoms with Gasteiger partial charge in [-0.15, -0.1) is 0 Å². The second-order valence-electron chi connectivity index (χ2n) is 8.53. The molecule has 30 heavy (non-hydrogen) atoms. The van der Waals surface area contributed by atoms with E-state index in [9.17, 15) is 18.5 Å². The lowest BCUT2D eigenvalue weighted by atomic mass is 9.96. The van der Waals surface area contributed by atoms with E-state index >= 15 is 0 Å². The lowest BCUT2D eigenvalue weighted by molar-refractivity contribution is -0.385. The van der Waals surface area contributed by atoms with E-state index in [-0.39, 0.29) is 35.1 Å². The minimum atomic E-state index is -3.83. The second kappa shape index (κ2) is 8.05. The van der Waals surface area contributed by atoms with Gasteiger partial charge in [0, 0.05) is 43.7 Å². The van der Waals surface area contributed by atoms with Crippen molar-refractivity contribution in [1.29, 1.82) is 0 Å². The molecule has 10 nitrogen and oxygen atoms in total. The zero-order valence-corrected chi connectivity index (χ0v) is 18.6. The van der Waals surface area contributed by atoms with E-state index in [0.29, 0.717) is 30.4 Å². The summed E-state index contributed by atoms with van der Waals surface area (Å²) in [5.41, 5.74) is 0.0270. The quantitative estimate of drug-likeness (QED) is 0.517. The van der Waals surface area contributed by atoms with Gasteiger partial charge < -0.3 is 4.52 Å². The lowest BCUT2D eigenvalue weighted by Gasteiger charge is -2.36. The molecule has 0 N–H and O–H groups in total. The van der Waals surface area contributed by atoms with Gasteiger partial charge >= 0.3 is 0 Å². The monoisotopic (exact) mass is 437 g/mol. The zero-order valence-electron chi connectivity index (χ0n) is 17.8. The van der Waals surface area contributed by atoms with Crippen molar-refractivity contribution < 1.29 is 17.9 Å². The van der Waals surface area contributed by atoms with Gasteiger partial charge in [-0.2, -0.15) is 9.29 Å². The summed E-state index contributed by atoms with van der Waals surface area (Å²) in [4.78, 5) is 17.0. The van der Waals surface area contributed by atoms with Crippen LogP contribution in [-0.4, -0.2) is 58.9 Å². The molecular weight excluding hydrogens is 410 g/mol. The van der Waals surface area contributed by atoms with Gasteiger partial charge in [-0.3, -0.25) is 15.0 Å². The number of aromatic nitrogens is 2. The molecule has 0 aliphatic carbocycles. The number of sulfonamides is 1. The average molecular weight is 438 g/mol. The van der Waals surface area contributed by atoms with E-state index in [1.54, 1.807) is 6.92 Å². The molecule has 1 saturated heterocycles. The highest BCUT2D eigenvalue weighted by atomic mass is 32.2. The third-order valence-electron chi connectivity index (χ3n) is 5.29. The molecule has 2 heterocycles. The maximum atomic E-state index is 13.1. The Bertz CT molecular complexity index is 1040. The molecule has 1 fully saturated rings. The number of hydrogen-bond donors (Lipinski definition) is 0. The Kier molecular flexibility index (Phi) is 5.99. The summed E-state index contributed by atoms with van der Waals surface area (Å²) < 4.78 is 33.0. The van der Waals surface area contributed by atoms with E-state index in [2.05, 4.69) is 15.0 Å². The van der Waals surface area contributed by atoms with Crippen LogP contribution in [0.4, 0.5) is 5.69 Å². The molecule has 1 aromatic carbocycles. The van der Waals surface area contributed by atoms with Crippen LogP contribution in [-0.2, 0) is 15.4 Å².